The molecule has 5 heteroatoms. The molecular weight excluding hydrogens is 223 g/mol. The molecule has 1 amide bonds. The summed E-state index contributed by atoms with van der Waals surface area (Å²) >= 11 is 0. The number of carbonyl (C=O) groups excluding carboxylic acids is 1. The second-order valence-electron chi connectivity index (χ2n) is 3.58. The lowest BCUT2D eigenvalue weighted by Gasteiger charge is -2.05. The first-order valence-electron chi connectivity index (χ1n) is 4.98. The van der Waals surface area contributed by atoms with E-state index in [4.69, 9.17) is 10.2 Å². The molecule has 1 aromatic carbocycles. The average Bonchev–Trinajstić information content (AvgIpc) is 2.70. The number of carbonyl (C=O) groups is 1. The Hall–Kier alpha value is -2.30. The number of benzene rings is 1. The summed E-state index contributed by atoms with van der Waals surface area (Å²) in [6, 6.07) is 5.58. The molecular formula is C12H11FN2O2. The molecule has 2 aromatic rings. The van der Waals surface area contributed by atoms with Crippen LogP contribution in [0.15, 0.2) is 34.9 Å². The number of amides is 1. The molecule has 88 valence electrons. The van der Waals surface area contributed by atoms with Crippen LogP contribution in [0.4, 0.5) is 15.8 Å². The number of nitrogen functional groups attached to an aromatic ring is 1. The quantitative estimate of drug-likeness (QED) is 0.784. The van der Waals surface area contributed by atoms with Crippen LogP contribution in [0.25, 0.3) is 0 Å². The van der Waals surface area contributed by atoms with E-state index in [1.807, 2.05) is 0 Å². The van der Waals surface area contributed by atoms with Crippen molar-refractivity contribution in [2.75, 3.05) is 11.1 Å². The minimum absolute atomic E-state index is 0.00767. The number of furan rings is 1. The maximum atomic E-state index is 12.9. The zero-order valence-electron chi connectivity index (χ0n) is 9.16. The summed E-state index contributed by atoms with van der Waals surface area (Å²) in [5.41, 5.74) is 6.27. The molecule has 0 aliphatic heterocycles. The Labute approximate surface area is 97.2 Å². The topological polar surface area (TPSA) is 68.3 Å². The molecule has 1 aromatic heterocycles. The first-order valence-corrected chi connectivity index (χ1v) is 4.98. The molecule has 0 saturated heterocycles. The third-order valence-corrected chi connectivity index (χ3v) is 2.36. The summed E-state index contributed by atoms with van der Waals surface area (Å²) in [6.07, 6.45) is 1.43. The van der Waals surface area contributed by atoms with Crippen molar-refractivity contribution < 1.29 is 13.6 Å². The molecule has 0 spiro atoms. The molecule has 0 radical (unpaired) electrons. The van der Waals surface area contributed by atoms with E-state index < -0.39 is 5.82 Å². The number of anilines is 2. The van der Waals surface area contributed by atoms with E-state index in [9.17, 15) is 9.18 Å². The third kappa shape index (κ3) is 2.28. The highest BCUT2D eigenvalue weighted by molar-refractivity contribution is 6.05. The van der Waals surface area contributed by atoms with Crippen LogP contribution in [-0.2, 0) is 0 Å². The highest BCUT2D eigenvalue weighted by Gasteiger charge is 2.11. The zero-order chi connectivity index (χ0) is 12.4. The van der Waals surface area contributed by atoms with Gasteiger partial charge in [-0.1, -0.05) is 0 Å². The molecule has 4 nitrogen and oxygen atoms in total. The highest BCUT2D eigenvalue weighted by atomic mass is 19.1. The second-order valence-corrected chi connectivity index (χ2v) is 3.58. The van der Waals surface area contributed by atoms with Crippen LogP contribution in [-0.4, -0.2) is 5.91 Å². The van der Waals surface area contributed by atoms with Crippen molar-refractivity contribution >= 4 is 17.3 Å². The van der Waals surface area contributed by atoms with Gasteiger partial charge in [-0.2, -0.15) is 0 Å². The van der Waals surface area contributed by atoms with Gasteiger partial charge in [0.05, 0.1) is 17.5 Å². The summed E-state index contributed by atoms with van der Waals surface area (Å²) in [6.45, 7) is 1.69. The van der Waals surface area contributed by atoms with Crippen LogP contribution >= 0.6 is 0 Å². The number of hydrogen-bond donors (Lipinski definition) is 2. The molecule has 1 heterocycles. The molecule has 17 heavy (non-hydrogen) atoms. The van der Waals surface area contributed by atoms with Gasteiger partial charge in [-0.05, 0) is 31.2 Å². The molecule has 0 saturated carbocycles. The van der Waals surface area contributed by atoms with Crippen molar-refractivity contribution in [1.82, 2.24) is 0 Å². The van der Waals surface area contributed by atoms with E-state index in [1.54, 1.807) is 13.0 Å². The highest BCUT2D eigenvalue weighted by Crippen LogP contribution is 2.18. The number of halogens is 1. The maximum Gasteiger partial charge on any atom is 0.259 e. The number of aryl methyl sites for hydroxylation is 1. The predicted octanol–water partition coefficient (Wildman–Crippen LogP) is 2.56. The fourth-order valence-corrected chi connectivity index (χ4v) is 1.44. The summed E-state index contributed by atoms with van der Waals surface area (Å²) in [4.78, 5) is 11.8. The molecule has 0 unspecified atom stereocenters. The zero-order valence-corrected chi connectivity index (χ0v) is 9.16. The second kappa shape index (κ2) is 4.29. The summed E-state index contributed by atoms with van der Waals surface area (Å²) in [5.74, 6) is -0.303. The van der Waals surface area contributed by atoms with Crippen molar-refractivity contribution in [2.24, 2.45) is 0 Å². The molecule has 0 aliphatic rings. The molecule has 0 atom stereocenters. The molecule has 3 N–H and O–H groups in total. The Kier molecular flexibility index (Phi) is 2.82. The lowest BCUT2D eigenvalue weighted by molar-refractivity contribution is 0.102. The van der Waals surface area contributed by atoms with Crippen LogP contribution < -0.4 is 11.1 Å². The number of rotatable bonds is 2. The summed E-state index contributed by atoms with van der Waals surface area (Å²) < 4.78 is 17.9. The van der Waals surface area contributed by atoms with Crippen molar-refractivity contribution in [3.05, 3.63) is 47.7 Å². The number of hydrogen-bond acceptors (Lipinski definition) is 3. The van der Waals surface area contributed by atoms with E-state index in [1.165, 1.54) is 24.5 Å². The van der Waals surface area contributed by atoms with Crippen molar-refractivity contribution in [1.29, 1.82) is 0 Å². The summed E-state index contributed by atoms with van der Waals surface area (Å²) in [7, 11) is 0. The Morgan fingerprint density at radius 1 is 1.41 bits per heavy atom. The van der Waals surface area contributed by atoms with E-state index in [0.29, 0.717) is 17.0 Å². The van der Waals surface area contributed by atoms with E-state index in [-0.39, 0.29) is 11.6 Å². The SMILES string of the molecule is Cc1occc1C(=O)Nc1ccc(F)c(N)c1. The Morgan fingerprint density at radius 3 is 2.76 bits per heavy atom. The van der Waals surface area contributed by atoms with Crippen LogP contribution in [0.3, 0.4) is 0 Å². The largest absolute Gasteiger partial charge is 0.469 e. The first-order chi connectivity index (χ1) is 8.08. The Balaban J connectivity index is 2.19. The predicted molar refractivity (Wildman–Crippen MR) is 62.2 cm³/mol. The monoisotopic (exact) mass is 234 g/mol. The Morgan fingerprint density at radius 2 is 2.18 bits per heavy atom. The van der Waals surface area contributed by atoms with E-state index in [0.717, 1.165) is 0 Å². The van der Waals surface area contributed by atoms with Crippen molar-refractivity contribution in [3.8, 4) is 0 Å². The number of nitrogens with two attached hydrogens (primary N) is 1. The molecule has 0 bridgehead atoms. The van der Waals surface area contributed by atoms with Crippen molar-refractivity contribution in [2.45, 2.75) is 6.92 Å². The van der Waals surface area contributed by atoms with Gasteiger partial charge < -0.3 is 15.5 Å². The molecule has 2 rings (SSSR count). The van der Waals surface area contributed by atoms with Crippen LogP contribution in [0.2, 0.25) is 0 Å². The maximum absolute atomic E-state index is 12.9. The van der Waals surface area contributed by atoms with E-state index in [2.05, 4.69) is 5.32 Å². The lowest BCUT2D eigenvalue weighted by Crippen LogP contribution is -2.12. The van der Waals surface area contributed by atoms with Crippen LogP contribution in [0.1, 0.15) is 16.1 Å². The number of nitrogens with one attached hydrogen (secondary N) is 1. The fourth-order valence-electron chi connectivity index (χ4n) is 1.44. The minimum Gasteiger partial charge on any atom is -0.469 e. The lowest BCUT2D eigenvalue weighted by atomic mass is 10.2. The molecule has 0 aliphatic carbocycles. The standard InChI is InChI=1S/C12H11FN2O2/c1-7-9(4-5-17-7)12(16)15-8-2-3-10(13)11(14)6-8/h2-6H,14H2,1H3,(H,15,16). The Bertz CT molecular complexity index is 563. The van der Waals surface area contributed by atoms with Gasteiger partial charge in [-0.15, -0.1) is 0 Å². The van der Waals surface area contributed by atoms with Gasteiger partial charge in [0.15, 0.2) is 0 Å². The molecule has 0 fully saturated rings. The van der Waals surface area contributed by atoms with Gasteiger partial charge in [0.25, 0.3) is 5.91 Å². The smallest absolute Gasteiger partial charge is 0.259 e. The van der Waals surface area contributed by atoms with Gasteiger partial charge >= 0.3 is 0 Å². The fraction of sp³-hybridized carbons (Fsp3) is 0.0833. The van der Waals surface area contributed by atoms with Crippen LogP contribution in [0.5, 0.6) is 0 Å². The minimum atomic E-state index is -0.512. The average molecular weight is 234 g/mol. The van der Waals surface area contributed by atoms with Gasteiger partial charge in [0.2, 0.25) is 0 Å². The van der Waals surface area contributed by atoms with Gasteiger partial charge in [0, 0.05) is 5.69 Å². The van der Waals surface area contributed by atoms with E-state index >= 15 is 0 Å². The third-order valence-electron chi connectivity index (χ3n) is 2.36. The van der Waals surface area contributed by atoms with Gasteiger partial charge in [-0.25, -0.2) is 4.39 Å². The van der Waals surface area contributed by atoms with Crippen molar-refractivity contribution in [3.63, 3.8) is 0 Å². The van der Waals surface area contributed by atoms with Crippen LogP contribution in [0, 0.1) is 12.7 Å². The first kappa shape index (κ1) is 11.2. The normalized spacial score (nSPS) is 10.2. The van der Waals surface area contributed by atoms with Gasteiger partial charge in [-0.3, -0.25) is 4.79 Å². The van der Waals surface area contributed by atoms with Gasteiger partial charge in [0.1, 0.15) is 11.6 Å². The summed E-state index contributed by atoms with van der Waals surface area (Å²) in [5, 5.41) is 2.61.